The zero-order valence-electron chi connectivity index (χ0n) is 11.2. The Morgan fingerprint density at radius 1 is 1.14 bits per heavy atom. The van der Waals surface area contributed by atoms with Gasteiger partial charge in [-0.2, -0.15) is 0 Å². The van der Waals surface area contributed by atoms with Crippen molar-refractivity contribution in [1.29, 1.82) is 0 Å². The Labute approximate surface area is 124 Å². The third kappa shape index (κ3) is 2.78. The summed E-state index contributed by atoms with van der Waals surface area (Å²) in [7, 11) is 0. The van der Waals surface area contributed by atoms with Crippen molar-refractivity contribution in [3.8, 4) is 11.6 Å². The van der Waals surface area contributed by atoms with Gasteiger partial charge < -0.3 is 9.84 Å². The number of nitrogens with zero attached hydrogens (tertiary/aromatic N) is 2. The number of aromatic nitrogens is 2. The fourth-order valence-corrected chi connectivity index (χ4v) is 1.89. The van der Waals surface area contributed by atoms with Gasteiger partial charge in [0.1, 0.15) is 5.82 Å². The summed E-state index contributed by atoms with van der Waals surface area (Å²) in [5.41, 5.74) is 0.691. The summed E-state index contributed by atoms with van der Waals surface area (Å²) in [5.74, 6) is -1.11. The largest absolute Gasteiger partial charge is 0.503 e. The molecule has 0 aliphatic heterocycles. The highest BCUT2D eigenvalue weighted by molar-refractivity contribution is 5.89. The van der Waals surface area contributed by atoms with Crippen molar-refractivity contribution < 1.29 is 19.0 Å². The van der Waals surface area contributed by atoms with E-state index in [0.29, 0.717) is 10.9 Å². The summed E-state index contributed by atoms with van der Waals surface area (Å²) < 4.78 is 17.9. The fraction of sp³-hybridized carbons (Fsp3) is 0. The molecule has 1 heterocycles. The van der Waals surface area contributed by atoms with Crippen LogP contribution < -0.4 is 10.1 Å². The Morgan fingerprint density at radius 3 is 2.77 bits per heavy atom. The van der Waals surface area contributed by atoms with Crippen LogP contribution in [0.4, 0.5) is 14.9 Å². The van der Waals surface area contributed by atoms with Crippen LogP contribution in [0.25, 0.3) is 10.9 Å². The lowest BCUT2D eigenvalue weighted by atomic mass is 10.2. The zero-order chi connectivity index (χ0) is 15.5. The first-order chi connectivity index (χ1) is 10.6. The van der Waals surface area contributed by atoms with Gasteiger partial charge in [0.15, 0.2) is 5.75 Å². The van der Waals surface area contributed by atoms with Gasteiger partial charge in [0.25, 0.3) is 5.88 Å². The topological polar surface area (TPSA) is 84.3 Å². The van der Waals surface area contributed by atoms with E-state index in [1.807, 2.05) is 0 Å². The normalized spacial score (nSPS) is 10.4. The molecule has 0 aliphatic rings. The number of ether oxygens (including phenoxy) is 1. The van der Waals surface area contributed by atoms with Crippen molar-refractivity contribution >= 4 is 22.7 Å². The third-order valence-corrected chi connectivity index (χ3v) is 2.87. The lowest BCUT2D eigenvalue weighted by Gasteiger charge is -2.08. The van der Waals surface area contributed by atoms with Crippen LogP contribution in [0.1, 0.15) is 0 Å². The van der Waals surface area contributed by atoms with E-state index in [2.05, 4.69) is 15.5 Å². The zero-order valence-corrected chi connectivity index (χ0v) is 11.2. The molecule has 7 heteroatoms. The Hall–Kier alpha value is -3.22. The average molecular weight is 299 g/mol. The van der Waals surface area contributed by atoms with Crippen molar-refractivity contribution in [3.05, 3.63) is 54.3 Å². The molecule has 0 bridgehead atoms. The van der Waals surface area contributed by atoms with E-state index in [-0.39, 0.29) is 17.3 Å². The molecule has 2 aromatic carbocycles. The number of rotatable bonds is 2. The van der Waals surface area contributed by atoms with Crippen LogP contribution in [0.5, 0.6) is 11.6 Å². The van der Waals surface area contributed by atoms with Crippen molar-refractivity contribution in [3.63, 3.8) is 0 Å². The second kappa shape index (κ2) is 5.65. The Morgan fingerprint density at radius 2 is 1.95 bits per heavy atom. The van der Waals surface area contributed by atoms with Gasteiger partial charge in [0.2, 0.25) is 0 Å². The first kappa shape index (κ1) is 13.7. The lowest BCUT2D eigenvalue weighted by Crippen LogP contribution is -2.17. The highest BCUT2D eigenvalue weighted by Crippen LogP contribution is 2.30. The van der Waals surface area contributed by atoms with Gasteiger partial charge in [0, 0.05) is 11.1 Å². The van der Waals surface area contributed by atoms with Crippen LogP contribution in [-0.4, -0.2) is 21.4 Å². The molecule has 1 amide bonds. The van der Waals surface area contributed by atoms with E-state index in [4.69, 9.17) is 4.74 Å². The first-order valence-corrected chi connectivity index (χ1v) is 6.32. The molecule has 0 spiro atoms. The van der Waals surface area contributed by atoms with Gasteiger partial charge in [-0.15, -0.1) is 10.2 Å². The number of halogens is 1. The monoisotopic (exact) mass is 299 g/mol. The van der Waals surface area contributed by atoms with Crippen molar-refractivity contribution in [2.45, 2.75) is 0 Å². The number of carbonyl (C=O) groups is 1. The molecule has 0 saturated carbocycles. The van der Waals surface area contributed by atoms with Gasteiger partial charge in [-0.05, 0) is 30.3 Å². The number of hydrogen-bond donors (Lipinski definition) is 2. The Kier molecular flexibility index (Phi) is 3.53. The smallest absolute Gasteiger partial charge is 0.418 e. The minimum Gasteiger partial charge on any atom is -0.503 e. The predicted octanol–water partition coefficient (Wildman–Crippen LogP) is 3.09. The van der Waals surface area contributed by atoms with Crippen molar-refractivity contribution in [2.24, 2.45) is 0 Å². The molecule has 22 heavy (non-hydrogen) atoms. The molecular weight excluding hydrogens is 289 g/mol. The first-order valence-electron chi connectivity index (χ1n) is 6.32. The molecule has 1 aromatic heterocycles. The van der Waals surface area contributed by atoms with E-state index < -0.39 is 11.9 Å². The van der Waals surface area contributed by atoms with E-state index in [1.54, 1.807) is 24.3 Å². The van der Waals surface area contributed by atoms with Crippen LogP contribution in [0.2, 0.25) is 0 Å². The van der Waals surface area contributed by atoms with Crippen molar-refractivity contribution in [1.82, 2.24) is 10.2 Å². The van der Waals surface area contributed by atoms with E-state index in [9.17, 15) is 14.3 Å². The molecule has 3 rings (SSSR count). The summed E-state index contributed by atoms with van der Waals surface area (Å²) in [5, 5.41) is 20.3. The summed E-state index contributed by atoms with van der Waals surface area (Å²) >= 11 is 0. The summed E-state index contributed by atoms with van der Waals surface area (Å²) in [4.78, 5) is 11.7. The molecule has 2 N–H and O–H groups in total. The molecular formula is C15H10FN3O3. The summed E-state index contributed by atoms with van der Waals surface area (Å²) in [6, 6.07) is 12.1. The number of hydrogen-bond acceptors (Lipinski definition) is 5. The average Bonchev–Trinajstić information content (AvgIpc) is 2.50. The second-order valence-corrected chi connectivity index (χ2v) is 4.40. The van der Waals surface area contributed by atoms with Gasteiger partial charge in [-0.1, -0.05) is 18.2 Å². The molecule has 110 valence electrons. The molecule has 0 fully saturated rings. The highest BCUT2D eigenvalue weighted by atomic mass is 19.1. The molecule has 0 unspecified atom stereocenters. The highest BCUT2D eigenvalue weighted by Gasteiger charge is 2.14. The molecule has 0 aliphatic carbocycles. The molecule has 6 nitrogen and oxygen atoms in total. The van der Waals surface area contributed by atoms with Crippen LogP contribution in [-0.2, 0) is 0 Å². The lowest BCUT2D eigenvalue weighted by molar-refractivity contribution is 0.210. The fourth-order valence-electron chi connectivity index (χ4n) is 1.89. The number of amides is 1. The standard InChI is InChI=1S/C15H10FN3O3/c16-9-4-3-5-10(8-9)17-15(21)22-14-13(20)11-6-1-2-7-12(11)18-19-14/h1-8H,(H,17,21)(H,18,20). The quantitative estimate of drug-likeness (QED) is 0.759. The maximum atomic E-state index is 13.0. The predicted molar refractivity (Wildman–Crippen MR) is 77.2 cm³/mol. The number of nitrogens with one attached hydrogen (secondary N) is 1. The number of benzene rings is 2. The van der Waals surface area contributed by atoms with Crippen LogP contribution in [0, 0.1) is 5.82 Å². The number of carbonyl (C=O) groups excluding carboxylic acids is 1. The number of fused-ring (bicyclic) bond motifs is 1. The van der Waals surface area contributed by atoms with Gasteiger partial charge in [0.05, 0.1) is 5.52 Å². The molecule has 3 aromatic rings. The van der Waals surface area contributed by atoms with Crippen LogP contribution in [0.15, 0.2) is 48.5 Å². The van der Waals surface area contributed by atoms with E-state index in [1.165, 1.54) is 18.2 Å². The van der Waals surface area contributed by atoms with Gasteiger partial charge >= 0.3 is 6.09 Å². The van der Waals surface area contributed by atoms with Crippen LogP contribution >= 0.6 is 0 Å². The second-order valence-electron chi connectivity index (χ2n) is 4.40. The van der Waals surface area contributed by atoms with Gasteiger partial charge in [-0.3, -0.25) is 5.32 Å². The number of anilines is 1. The summed E-state index contributed by atoms with van der Waals surface area (Å²) in [6.07, 6.45) is -0.912. The molecule has 0 radical (unpaired) electrons. The Balaban J connectivity index is 1.81. The maximum absolute atomic E-state index is 13.0. The minimum absolute atomic E-state index is 0.221. The minimum atomic E-state index is -0.912. The van der Waals surface area contributed by atoms with Crippen LogP contribution in [0.3, 0.4) is 0 Å². The maximum Gasteiger partial charge on any atom is 0.418 e. The van der Waals surface area contributed by atoms with E-state index >= 15 is 0 Å². The van der Waals surface area contributed by atoms with Gasteiger partial charge in [-0.25, -0.2) is 9.18 Å². The van der Waals surface area contributed by atoms with Crippen molar-refractivity contribution in [2.75, 3.05) is 5.32 Å². The third-order valence-electron chi connectivity index (χ3n) is 2.87. The molecule has 0 atom stereocenters. The van der Waals surface area contributed by atoms with E-state index in [0.717, 1.165) is 6.07 Å². The Bertz CT molecular complexity index is 854. The SMILES string of the molecule is O=C(Nc1cccc(F)c1)Oc1nnc2ccccc2c1O. The number of aromatic hydroxyl groups is 1. The molecule has 0 saturated heterocycles. The summed E-state index contributed by atoms with van der Waals surface area (Å²) in [6.45, 7) is 0.